The van der Waals surface area contributed by atoms with Gasteiger partial charge in [-0.25, -0.2) is 0 Å². The van der Waals surface area contributed by atoms with Crippen LogP contribution in [-0.2, 0) is 11.3 Å². The summed E-state index contributed by atoms with van der Waals surface area (Å²) in [6.45, 7) is 5.82. The zero-order valence-corrected chi connectivity index (χ0v) is 17.4. The number of halogens is 2. The Labute approximate surface area is 180 Å². The number of para-hydroxylation sites is 1. The lowest BCUT2D eigenvalue weighted by Gasteiger charge is -2.30. The van der Waals surface area contributed by atoms with E-state index in [0.717, 1.165) is 45.1 Å². The highest BCUT2D eigenvalue weighted by atomic mass is 35.5. The first-order chi connectivity index (χ1) is 14.2. The third-order valence-corrected chi connectivity index (χ3v) is 5.41. The monoisotopic (exact) mass is 432 g/mol. The molecule has 2 heterocycles. The van der Waals surface area contributed by atoms with Crippen LogP contribution in [0.1, 0.15) is 5.89 Å². The first-order valence-electron chi connectivity index (χ1n) is 9.57. The van der Waals surface area contributed by atoms with Crippen LogP contribution in [0.25, 0.3) is 11.5 Å². The van der Waals surface area contributed by atoms with E-state index in [2.05, 4.69) is 32.1 Å². The molecule has 0 unspecified atom stereocenters. The molecule has 2 aromatic carbocycles. The van der Waals surface area contributed by atoms with Crippen molar-refractivity contribution in [2.75, 3.05) is 44.3 Å². The van der Waals surface area contributed by atoms with Crippen molar-refractivity contribution in [3.63, 3.8) is 0 Å². The maximum atomic E-state index is 6.27. The fourth-order valence-corrected chi connectivity index (χ4v) is 3.77. The Kier molecular flexibility index (Phi) is 6.67. The molecule has 0 spiro atoms. The average Bonchev–Trinajstić information content (AvgIpc) is 3.21. The van der Waals surface area contributed by atoms with Crippen molar-refractivity contribution < 1.29 is 9.15 Å². The summed E-state index contributed by atoms with van der Waals surface area (Å²) >= 11 is 12.2. The molecule has 152 valence electrons. The molecule has 1 saturated heterocycles. The fourth-order valence-electron chi connectivity index (χ4n) is 3.28. The lowest BCUT2D eigenvalue weighted by Crippen LogP contribution is -2.41. The van der Waals surface area contributed by atoms with Crippen molar-refractivity contribution in [2.45, 2.75) is 6.54 Å². The summed E-state index contributed by atoms with van der Waals surface area (Å²) in [6.07, 6.45) is 0. The number of benzene rings is 2. The average molecular weight is 433 g/mol. The van der Waals surface area contributed by atoms with Gasteiger partial charge in [0.25, 0.3) is 0 Å². The molecule has 3 aromatic rings. The molecule has 1 fully saturated rings. The maximum absolute atomic E-state index is 6.27. The van der Waals surface area contributed by atoms with Gasteiger partial charge in [0, 0.05) is 36.9 Å². The Morgan fingerprint density at radius 3 is 2.55 bits per heavy atom. The van der Waals surface area contributed by atoms with Crippen LogP contribution in [0.5, 0.6) is 0 Å². The third-order valence-electron chi connectivity index (χ3n) is 4.87. The molecule has 0 bridgehead atoms. The van der Waals surface area contributed by atoms with Gasteiger partial charge < -0.3 is 14.1 Å². The third kappa shape index (κ3) is 5.28. The summed E-state index contributed by atoms with van der Waals surface area (Å²) in [5.74, 6) is 0.930. The van der Waals surface area contributed by atoms with E-state index in [9.17, 15) is 0 Å². The van der Waals surface area contributed by atoms with Gasteiger partial charge in [0.15, 0.2) is 0 Å². The van der Waals surface area contributed by atoms with Gasteiger partial charge in [0.1, 0.15) is 0 Å². The number of ether oxygens (including phenoxy) is 1. The Balaban J connectivity index is 1.49. The highest BCUT2D eigenvalue weighted by molar-refractivity contribution is 6.36. The molecular weight excluding hydrogens is 411 g/mol. The molecular formula is C21H22Cl2N4O2. The number of anilines is 1. The van der Waals surface area contributed by atoms with Crippen LogP contribution in [0.3, 0.4) is 0 Å². The number of aromatic nitrogens is 2. The minimum absolute atomic E-state index is 0.392. The normalized spacial score (nSPS) is 14.8. The quantitative estimate of drug-likeness (QED) is 0.551. The number of nitrogens with zero attached hydrogens (tertiary/aromatic N) is 4. The molecule has 29 heavy (non-hydrogen) atoms. The number of hydrogen-bond acceptors (Lipinski definition) is 6. The molecule has 8 heteroatoms. The molecule has 0 saturated carbocycles. The molecule has 0 aliphatic carbocycles. The van der Waals surface area contributed by atoms with Crippen LogP contribution in [0.2, 0.25) is 10.0 Å². The molecule has 1 aliphatic rings. The second-order valence-corrected chi connectivity index (χ2v) is 7.68. The van der Waals surface area contributed by atoms with Crippen molar-refractivity contribution >= 4 is 28.9 Å². The molecule has 0 atom stereocenters. The maximum Gasteiger partial charge on any atom is 0.249 e. The fraction of sp³-hybridized carbons (Fsp3) is 0.333. The van der Waals surface area contributed by atoms with Crippen LogP contribution in [0.4, 0.5) is 5.69 Å². The molecule has 4 rings (SSSR count). The van der Waals surface area contributed by atoms with Gasteiger partial charge in [0.05, 0.1) is 30.3 Å². The van der Waals surface area contributed by atoms with Gasteiger partial charge in [-0.15, -0.1) is 10.2 Å². The highest BCUT2D eigenvalue weighted by Gasteiger charge is 2.17. The van der Waals surface area contributed by atoms with E-state index >= 15 is 0 Å². The van der Waals surface area contributed by atoms with Gasteiger partial charge in [-0.2, -0.15) is 0 Å². The zero-order valence-electron chi connectivity index (χ0n) is 15.9. The summed E-state index contributed by atoms with van der Waals surface area (Å²) < 4.78 is 11.4. The highest BCUT2D eigenvalue weighted by Crippen LogP contribution is 2.29. The summed E-state index contributed by atoms with van der Waals surface area (Å²) in [6, 6.07) is 15.5. The van der Waals surface area contributed by atoms with Crippen molar-refractivity contribution in [3.05, 3.63) is 64.5 Å². The van der Waals surface area contributed by atoms with Crippen molar-refractivity contribution in [2.24, 2.45) is 0 Å². The summed E-state index contributed by atoms with van der Waals surface area (Å²) in [5, 5.41) is 9.46. The van der Waals surface area contributed by atoms with E-state index < -0.39 is 0 Å². The molecule has 0 amide bonds. The van der Waals surface area contributed by atoms with E-state index in [-0.39, 0.29) is 0 Å². The van der Waals surface area contributed by atoms with Crippen molar-refractivity contribution in [3.8, 4) is 11.5 Å². The smallest absolute Gasteiger partial charge is 0.249 e. The predicted molar refractivity (Wildman–Crippen MR) is 115 cm³/mol. The largest absolute Gasteiger partial charge is 0.419 e. The summed E-state index contributed by atoms with van der Waals surface area (Å²) in [7, 11) is 0. The van der Waals surface area contributed by atoms with E-state index in [1.807, 2.05) is 18.2 Å². The van der Waals surface area contributed by atoms with Gasteiger partial charge in [-0.3, -0.25) is 4.90 Å². The van der Waals surface area contributed by atoms with E-state index in [1.165, 1.54) is 0 Å². The molecule has 1 aliphatic heterocycles. The Hall–Kier alpha value is -2.12. The van der Waals surface area contributed by atoms with Crippen LogP contribution in [0.15, 0.2) is 52.9 Å². The lowest BCUT2D eigenvalue weighted by molar-refractivity contribution is 0.0391. The summed E-state index contributed by atoms with van der Waals surface area (Å²) in [5.41, 5.74) is 1.79. The summed E-state index contributed by atoms with van der Waals surface area (Å²) in [4.78, 5) is 4.66. The standard InChI is InChI=1S/C21H22Cl2N4O2/c22-16-6-7-18(19(23)14-16)21-25-24-20(29-21)15-27(17-4-2-1-3-5-17)9-8-26-10-12-28-13-11-26/h1-7,14H,8-13,15H2. The minimum atomic E-state index is 0.392. The second-order valence-electron chi connectivity index (χ2n) is 6.84. The second kappa shape index (κ2) is 9.59. The van der Waals surface area contributed by atoms with Gasteiger partial charge >= 0.3 is 0 Å². The van der Waals surface area contributed by atoms with Crippen LogP contribution < -0.4 is 4.90 Å². The molecule has 1 aromatic heterocycles. The van der Waals surface area contributed by atoms with Crippen LogP contribution in [0, 0.1) is 0 Å². The molecule has 0 radical (unpaired) electrons. The van der Waals surface area contributed by atoms with Crippen LogP contribution in [-0.4, -0.2) is 54.5 Å². The van der Waals surface area contributed by atoms with Crippen LogP contribution >= 0.6 is 23.2 Å². The van der Waals surface area contributed by atoms with E-state index in [1.54, 1.807) is 18.2 Å². The first kappa shape index (κ1) is 20.2. The van der Waals surface area contributed by atoms with Gasteiger partial charge in [-0.1, -0.05) is 41.4 Å². The Morgan fingerprint density at radius 2 is 1.79 bits per heavy atom. The number of hydrogen-bond donors (Lipinski definition) is 0. The van der Waals surface area contributed by atoms with Gasteiger partial charge in [0.2, 0.25) is 11.8 Å². The minimum Gasteiger partial charge on any atom is -0.419 e. The SMILES string of the molecule is Clc1ccc(-c2nnc(CN(CCN3CCOCC3)c3ccccc3)o2)c(Cl)c1. The first-order valence-corrected chi connectivity index (χ1v) is 10.3. The Morgan fingerprint density at radius 1 is 1.00 bits per heavy atom. The van der Waals surface area contributed by atoms with Crippen molar-refractivity contribution in [1.29, 1.82) is 0 Å². The van der Waals surface area contributed by atoms with E-state index in [4.69, 9.17) is 32.4 Å². The zero-order chi connectivity index (χ0) is 20.1. The van der Waals surface area contributed by atoms with E-state index in [0.29, 0.717) is 33.9 Å². The lowest BCUT2D eigenvalue weighted by atomic mass is 10.2. The number of rotatable bonds is 7. The molecule has 0 N–H and O–H groups in total. The number of morpholine rings is 1. The topological polar surface area (TPSA) is 54.6 Å². The van der Waals surface area contributed by atoms with Gasteiger partial charge in [-0.05, 0) is 30.3 Å². The predicted octanol–water partition coefficient (Wildman–Crippen LogP) is 4.38. The van der Waals surface area contributed by atoms with Crippen molar-refractivity contribution in [1.82, 2.24) is 15.1 Å². The molecule has 6 nitrogen and oxygen atoms in total. The Bertz CT molecular complexity index is 929.